The van der Waals surface area contributed by atoms with Crippen LogP contribution in [0.4, 0.5) is 4.79 Å². The van der Waals surface area contributed by atoms with Crippen molar-refractivity contribution in [2.75, 3.05) is 19.6 Å². The Morgan fingerprint density at radius 1 is 1.63 bits per heavy atom. The van der Waals surface area contributed by atoms with E-state index in [-0.39, 0.29) is 10.9 Å². The molecule has 2 heterocycles. The second kappa shape index (κ2) is 5.57. The number of hydrogen-bond acceptors (Lipinski definition) is 4. The van der Waals surface area contributed by atoms with E-state index in [4.69, 9.17) is 5.73 Å². The number of aromatic nitrogens is 2. The summed E-state index contributed by atoms with van der Waals surface area (Å²) in [6.45, 7) is 1.25. The fraction of sp³-hybridized carbons (Fsp3) is 0.600. The third kappa shape index (κ3) is 3.24. The van der Waals surface area contributed by atoms with E-state index in [2.05, 4.69) is 15.5 Å². The van der Waals surface area contributed by atoms with Gasteiger partial charge in [-0.15, -0.1) is 0 Å². The molecule has 0 aliphatic carbocycles. The van der Waals surface area contributed by atoms with Gasteiger partial charge in [0, 0.05) is 19.6 Å². The molecule has 1 fully saturated rings. The molecule has 1 unspecified atom stereocenters. The van der Waals surface area contributed by atoms with Crippen molar-refractivity contribution < 1.29 is 13.2 Å². The summed E-state index contributed by atoms with van der Waals surface area (Å²) < 4.78 is 26.0. The molecule has 0 radical (unpaired) electrons. The number of nitrogens with zero attached hydrogens (tertiary/aromatic N) is 2. The fourth-order valence-electron chi connectivity index (χ4n) is 2.18. The molecular formula is C10H17N5O3S. The average Bonchev–Trinajstić information content (AvgIpc) is 2.91. The van der Waals surface area contributed by atoms with Crippen LogP contribution in [-0.2, 0) is 10.0 Å². The molecule has 0 aromatic carbocycles. The fourth-order valence-corrected chi connectivity index (χ4v) is 3.64. The maximum Gasteiger partial charge on any atom is 0.312 e. The Labute approximate surface area is 111 Å². The van der Waals surface area contributed by atoms with Crippen LogP contribution < -0.4 is 11.1 Å². The van der Waals surface area contributed by atoms with E-state index >= 15 is 0 Å². The van der Waals surface area contributed by atoms with Crippen molar-refractivity contribution in [3.05, 3.63) is 12.3 Å². The number of hydrogen-bond donors (Lipinski definition) is 3. The van der Waals surface area contributed by atoms with Gasteiger partial charge in [-0.2, -0.15) is 9.40 Å². The van der Waals surface area contributed by atoms with Crippen molar-refractivity contribution in [3.63, 3.8) is 0 Å². The molecule has 0 spiro atoms. The number of amides is 2. The van der Waals surface area contributed by atoms with Crippen LogP contribution in [0, 0.1) is 5.92 Å². The predicted octanol–water partition coefficient (Wildman–Crippen LogP) is -0.521. The molecule has 1 aromatic rings. The number of nitrogens with one attached hydrogen (secondary N) is 2. The molecule has 0 saturated carbocycles. The Kier molecular flexibility index (Phi) is 4.05. The molecule has 4 N–H and O–H groups in total. The van der Waals surface area contributed by atoms with Gasteiger partial charge in [-0.05, 0) is 24.8 Å². The highest BCUT2D eigenvalue weighted by molar-refractivity contribution is 7.89. The lowest BCUT2D eigenvalue weighted by Crippen LogP contribution is -2.44. The molecule has 1 saturated heterocycles. The van der Waals surface area contributed by atoms with E-state index in [1.807, 2.05) is 0 Å². The summed E-state index contributed by atoms with van der Waals surface area (Å²) in [5, 5.41) is 8.74. The topological polar surface area (TPSA) is 121 Å². The van der Waals surface area contributed by atoms with Crippen LogP contribution in [0.2, 0.25) is 0 Å². The van der Waals surface area contributed by atoms with Crippen molar-refractivity contribution in [1.82, 2.24) is 19.8 Å². The number of nitrogens with two attached hydrogens (primary N) is 1. The number of H-pyrrole nitrogens is 1. The molecule has 0 bridgehead atoms. The normalized spacial score (nSPS) is 21.2. The number of urea groups is 1. The van der Waals surface area contributed by atoms with Crippen LogP contribution in [0.5, 0.6) is 0 Å². The second-order valence-electron chi connectivity index (χ2n) is 4.54. The van der Waals surface area contributed by atoms with Crippen molar-refractivity contribution >= 4 is 16.1 Å². The van der Waals surface area contributed by atoms with Gasteiger partial charge >= 0.3 is 6.03 Å². The highest BCUT2D eigenvalue weighted by Crippen LogP contribution is 2.22. The minimum Gasteiger partial charge on any atom is -0.352 e. The number of aromatic amines is 1. The van der Waals surface area contributed by atoms with Gasteiger partial charge in [-0.1, -0.05) is 0 Å². The number of primary amides is 1. The summed E-state index contributed by atoms with van der Waals surface area (Å²) in [6.07, 6.45) is 3.04. The van der Waals surface area contributed by atoms with Crippen LogP contribution in [-0.4, -0.2) is 48.6 Å². The van der Waals surface area contributed by atoms with Gasteiger partial charge in [0.25, 0.3) is 10.0 Å². The lowest BCUT2D eigenvalue weighted by Gasteiger charge is -2.31. The maximum atomic E-state index is 12.3. The third-order valence-corrected chi connectivity index (χ3v) is 4.93. The van der Waals surface area contributed by atoms with Crippen LogP contribution in [0.15, 0.2) is 17.3 Å². The van der Waals surface area contributed by atoms with E-state index in [9.17, 15) is 13.2 Å². The van der Waals surface area contributed by atoms with Gasteiger partial charge in [-0.3, -0.25) is 5.10 Å². The monoisotopic (exact) mass is 287 g/mol. The van der Waals surface area contributed by atoms with Gasteiger partial charge in [0.05, 0.1) is 6.20 Å². The lowest BCUT2D eigenvalue weighted by atomic mass is 10.00. The summed E-state index contributed by atoms with van der Waals surface area (Å²) in [4.78, 5) is 10.7. The molecule has 106 valence electrons. The Morgan fingerprint density at radius 3 is 3.05 bits per heavy atom. The minimum absolute atomic E-state index is 0.0824. The number of rotatable bonds is 4. The van der Waals surface area contributed by atoms with Gasteiger partial charge in [0.2, 0.25) is 0 Å². The van der Waals surface area contributed by atoms with E-state index < -0.39 is 16.1 Å². The van der Waals surface area contributed by atoms with E-state index in [1.165, 1.54) is 16.6 Å². The first-order valence-electron chi connectivity index (χ1n) is 6.03. The molecule has 1 atom stereocenters. The highest BCUT2D eigenvalue weighted by Gasteiger charge is 2.31. The van der Waals surface area contributed by atoms with Crippen molar-refractivity contribution in [3.8, 4) is 0 Å². The Bertz CT molecular complexity index is 527. The Morgan fingerprint density at radius 2 is 2.42 bits per heavy atom. The summed E-state index contributed by atoms with van der Waals surface area (Å²) in [7, 11) is -3.52. The van der Waals surface area contributed by atoms with E-state index in [0.717, 1.165) is 12.8 Å². The van der Waals surface area contributed by atoms with Crippen molar-refractivity contribution in [2.24, 2.45) is 11.7 Å². The number of carbonyl (C=O) groups is 1. The molecule has 1 aliphatic heterocycles. The molecule has 8 nitrogen and oxygen atoms in total. The largest absolute Gasteiger partial charge is 0.352 e. The maximum absolute atomic E-state index is 12.3. The second-order valence-corrected chi connectivity index (χ2v) is 6.44. The molecule has 1 aromatic heterocycles. The molecular weight excluding hydrogens is 270 g/mol. The molecule has 19 heavy (non-hydrogen) atoms. The number of sulfonamides is 1. The van der Waals surface area contributed by atoms with Gasteiger partial charge in [0.15, 0.2) is 5.03 Å². The van der Waals surface area contributed by atoms with Gasteiger partial charge in [0.1, 0.15) is 0 Å². The van der Waals surface area contributed by atoms with E-state index in [1.54, 1.807) is 0 Å². The van der Waals surface area contributed by atoms with Crippen LogP contribution in [0.3, 0.4) is 0 Å². The standard InChI is InChI=1S/C10H17N5O3S/c11-10(16)12-6-8-2-1-5-15(7-8)19(17,18)9-3-4-13-14-9/h3-4,8H,1-2,5-7H2,(H,13,14)(H3,11,12,16). The smallest absolute Gasteiger partial charge is 0.312 e. The quantitative estimate of drug-likeness (QED) is 0.689. The first kappa shape index (κ1) is 13.8. The molecule has 1 aliphatic rings. The summed E-state index contributed by atoms with van der Waals surface area (Å²) in [6, 6.07) is 0.842. The lowest BCUT2D eigenvalue weighted by molar-refractivity contribution is 0.236. The summed E-state index contributed by atoms with van der Waals surface area (Å²) in [5.74, 6) is 0.0824. The van der Waals surface area contributed by atoms with Crippen LogP contribution >= 0.6 is 0 Å². The summed E-state index contributed by atoms with van der Waals surface area (Å²) >= 11 is 0. The van der Waals surface area contributed by atoms with Gasteiger partial charge in [-0.25, -0.2) is 13.2 Å². The van der Waals surface area contributed by atoms with Gasteiger partial charge < -0.3 is 11.1 Å². The van der Waals surface area contributed by atoms with Crippen molar-refractivity contribution in [2.45, 2.75) is 17.9 Å². The Hall–Kier alpha value is -1.61. The zero-order chi connectivity index (χ0) is 13.9. The average molecular weight is 287 g/mol. The van der Waals surface area contributed by atoms with Crippen molar-refractivity contribution in [1.29, 1.82) is 0 Å². The van der Waals surface area contributed by atoms with Crippen LogP contribution in [0.25, 0.3) is 0 Å². The zero-order valence-corrected chi connectivity index (χ0v) is 11.2. The SMILES string of the molecule is NC(=O)NCC1CCCN(S(=O)(=O)c2ccn[nH]2)C1. The Balaban J connectivity index is 2.03. The number of carbonyl (C=O) groups excluding carboxylic acids is 1. The first-order valence-corrected chi connectivity index (χ1v) is 7.47. The zero-order valence-electron chi connectivity index (χ0n) is 10.4. The molecule has 2 amide bonds. The third-order valence-electron chi connectivity index (χ3n) is 3.14. The highest BCUT2D eigenvalue weighted by atomic mass is 32.2. The molecule has 2 rings (SSSR count). The molecule has 9 heteroatoms. The van der Waals surface area contributed by atoms with Crippen LogP contribution in [0.1, 0.15) is 12.8 Å². The first-order chi connectivity index (χ1) is 9.00. The number of piperidine rings is 1. The predicted molar refractivity (Wildman–Crippen MR) is 67.7 cm³/mol. The minimum atomic E-state index is -3.52. The van der Waals surface area contributed by atoms with E-state index in [0.29, 0.717) is 19.6 Å². The summed E-state index contributed by atoms with van der Waals surface area (Å²) in [5.41, 5.74) is 5.01.